The van der Waals surface area contributed by atoms with Crippen LogP contribution in [-0.4, -0.2) is 15.6 Å². The average Bonchev–Trinajstić information content (AvgIpc) is 2.80. The molecule has 0 unspecified atom stereocenters. The molecule has 0 saturated carbocycles. The zero-order valence-electron chi connectivity index (χ0n) is 9.86. The highest BCUT2D eigenvalue weighted by molar-refractivity contribution is 9.11. The molecule has 2 aromatic rings. The molecule has 0 spiro atoms. The van der Waals surface area contributed by atoms with Gasteiger partial charge in [0.25, 0.3) is 0 Å². The topological polar surface area (TPSA) is 34.9 Å². The molecule has 18 heavy (non-hydrogen) atoms. The molecule has 0 amide bonds. The van der Waals surface area contributed by atoms with Crippen LogP contribution in [0.2, 0.25) is 0 Å². The molecule has 3 nitrogen and oxygen atoms in total. The fourth-order valence-corrected chi connectivity index (χ4v) is 2.51. The quantitative estimate of drug-likeness (QED) is 0.760. The van der Waals surface area contributed by atoms with Gasteiger partial charge in [0.1, 0.15) is 5.69 Å². The first-order valence-electron chi connectivity index (χ1n) is 5.65. The maximum Gasteiger partial charge on any atom is 0.212 e. The number of carbonyl (C=O) groups is 1. The van der Waals surface area contributed by atoms with E-state index in [0.29, 0.717) is 11.3 Å². The van der Waals surface area contributed by atoms with Crippen molar-refractivity contribution in [2.45, 2.75) is 19.9 Å². The summed E-state index contributed by atoms with van der Waals surface area (Å²) in [5.41, 5.74) is 1.26. The lowest BCUT2D eigenvalue weighted by Crippen LogP contribution is -2.12. The number of aromatic nitrogens is 2. The van der Waals surface area contributed by atoms with Crippen LogP contribution in [0.4, 0.5) is 0 Å². The Kier molecular flexibility index (Phi) is 4.35. The molecule has 0 atom stereocenters. The second-order valence-corrected chi connectivity index (χ2v) is 5.66. The van der Waals surface area contributed by atoms with Gasteiger partial charge < -0.3 is 0 Å². The second-order valence-electron chi connectivity index (χ2n) is 3.89. The van der Waals surface area contributed by atoms with E-state index >= 15 is 0 Å². The van der Waals surface area contributed by atoms with Gasteiger partial charge in [0, 0.05) is 27.3 Å². The summed E-state index contributed by atoms with van der Waals surface area (Å²) in [6.07, 6.45) is 2.61. The van der Waals surface area contributed by atoms with Crippen LogP contribution in [0.1, 0.15) is 29.4 Å². The summed E-state index contributed by atoms with van der Waals surface area (Å²) in [6.45, 7) is 2.81. The van der Waals surface area contributed by atoms with E-state index < -0.39 is 0 Å². The van der Waals surface area contributed by atoms with E-state index in [2.05, 4.69) is 43.9 Å². The summed E-state index contributed by atoms with van der Waals surface area (Å²) in [5, 5.41) is 4.17. The highest BCUT2D eigenvalue weighted by Crippen LogP contribution is 2.24. The van der Waals surface area contributed by atoms with Gasteiger partial charge in [-0.1, -0.05) is 38.8 Å². The maximum atomic E-state index is 12.5. The number of rotatable bonds is 4. The summed E-state index contributed by atoms with van der Waals surface area (Å²) >= 11 is 6.79. The Balaban J connectivity index is 2.41. The number of hydrogen-bond acceptors (Lipinski definition) is 2. The second kappa shape index (κ2) is 5.80. The van der Waals surface area contributed by atoms with Gasteiger partial charge in [-0.2, -0.15) is 5.10 Å². The Labute approximate surface area is 122 Å². The number of hydrogen-bond donors (Lipinski definition) is 0. The minimum absolute atomic E-state index is 0.0193. The zero-order chi connectivity index (χ0) is 13.1. The summed E-state index contributed by atoms with van der Waals surface area (Å²) < 4.78 is 3.42. The summed E-state index contributed by atoms with van der Waals surface area (Å²) in [4.78, 5) is 12.5. The van der Waals surface area contributed by atoms with Gasteiger partial charge in [0.15, 0.2) is 0 Å². The van der Waals surface area contributed by atoms with Gasteiger partial charge in [0.2, 0.25) is 5.78 Å². The first-order chi connectivity index (χ1) is 8.63. The van der Waals surface area contributed by atoms with Crippen molar-refractivity contribution in [2.75, 3.05) is 0 Å². The molecule has 0 aliphatic heterocycles. The lowest BCUT2D eigenvalue weighted by Gasteiger charge is -2.07. The predicted molar refractivity (Wildman–Crippen MR) is 77.8 cm³/mol. The van der Waals surface area contributed by atoms with Gasteiger partial charge in [-0.15, -0.1) is 0 Å². The number of aryl methyl sites for hydroxylation is 1. The Hall–Kier alpha value is -0.940. The molecule has 0 bridgehead atoms. The van der Waals surface area contributed by atoms with Crippen LogP contribution in [0.15, 0.2) is 39.4 Å². The standard InChI is InChI=1S/C13H12Br2N2O/c1-2-7-17-12(5-6-16-17)13(18)10-8-9(14)3-4-11(10)15/h3-6,8H,2,7H2,1H3. The lowest BCUT2D eigenvalue weighted by atomic mass is 10.1. The SMILES string of the molecule is CCCn1nccc1C(=O)c1cc(Br)ccc1Br. The van der Waals surface area contributed by atoms with Crippen LogP contribution >= 0.6 is 31.9 Å². The van der Waals surface area contributed by atoms with Gasteiger partial charge in [-0.05, 0) is 30.7 Å². The average molecular weight is 372 g/mol. The van der Waals surface area contributed by atoms with Crippen molar-refractivity contribution < 1.29 is 4.79 Å². The minimum atomic E-state index is -0.0193. The Morgan fingerprint density at radius 3 is 2.83 bits per heavy atom. The summed E-state index contributed by atoms with van der Waals surface area (Å²) in [5.74, 6) is -0.0193. The zero-order valence-corrected chi connectivity index (χ0v) is 13.0. The van der Waals surface area contributed by atoms with Crippen molar-refractivity contribution >= 4 is 37.6 Å². The highest BCUT2D eigenvalue weighted by atomic mass is 79.9. The number of nitrogens with zero attached hydrogens (tertiary/aromatic N) is 2. The molecule has 2 rings (SSSR count). The maximum absolute atomic E-state index is 12.5. The summed E-state index contributed by atoms with van der Waals surface area (Å²) in [6, 6.07) is 7.32. The Morgan fingerprint density at radius 2 is 2.11 bits per heavy atom. The van der Waals surface area contributed by atoms with Crippen molar-refractivity contribution in [3.8, 4) is 0 Å². The van der Waals surface area contributed by atoms with Crippen molar-refractivity contribution in [2.24, 2.45) is 0 Å². The Bertz CT molecular complexity index is 578. The smallest absolute Gasteiger partial charge is 0.212 e. The van der Waals surface area contributed by atoms with Crippen LogP contribution in [0.3, 0.4) is 0 Å². The molecular weight excluding hydrogens is 360 g/mol. The molecule has 0 radical (unpaired) electrons. The lowest BCUT2D eigenvalue weighted by molar-refractivity contribution is 0.102. The molecule has 1 aromatic heterocycles. The molecular formula is C13H12Br2N2O. The molecule has 1 heterocycles. The minimum Gasteiger partial charge on any atom is -0.287 e. The third-order valence-corrected chi connectivity index (χ3v) is 3.74. The predicted octanol–water partition coefficient (Wildman–Crippen LogP) is 4.05. The number of ketones is 1. The van der Waals surface area contributed by atoms with Gasteiger partial charge >= 0.3 is 0 Å². The molecule has 0 aliphatic rings. The largest absolute Gasteiger partial charge is 0.287 e. The molecule has 5 heteroatoms. The van der Waals surface area contributed by atoms with Crippen LogP contribution in [-0.2, 0) is 6.54 Å². The van der Waals surface area contributed by atoms with E-state index in [9.17, 15) is 4.79 Å². The fraction of sp³-hybridized carbons (Fsp3) is 0.231. The highest BCUT2D eigenvalue weighted by Gasteiger charge is 2.16. The van der Waals surface area contributed by atoms with Crippen LogP contribution < -0.4 is 0 Å². The monoisotopic (exact) mass is 370 g/mol. The van der Waals surface area contributed by atoms with Crippen LogP contribution in [0, 0.1) is 0 Å². The van der Waals surface area contributed by atoms with Crippen molar-refractivity contribution in [3.63, 3.8) is 0 Å². The Morgan fingerprint density at radius 1 is 1.33 bits per heavy atom. The molecule has 1 aromatic carbocycles. The van der Waals surface area contributed by atoms with E-state index in [1.165, 1.54) is 0 Å². The van der Waals surface area contributed by atoms with Crippen LogP contribution in [0.5, 0.6) is 0 Å². The van der Waals surface area contributed by atoms with Crippen molar-refractivity contribution in [1.82, 2.24) is 9.78 Å². The van der Waals surface area contributed by atoms with E-state index in [0.717, 1.165) is 21.9 Å². The number of carbonyl (C=O) groups excluding carboxylic acids is 1. The molecule has 0 fully saturated rings. The van der Waals surface area contributed by atoms with E-state index in [1.54, 1.807) is 16.9 Å². The molecule has 0 saturated heterocycles. The number of halogens is 2. The van der Waals surface area contributed by atoms with Crippen molar-refractivity contribution in [3.05, 3.63) is 50.7 Å². The number of benzene rings is 1. The third kappa shape index (κ3) is 2.72. The fourth-order valence-electron chi connectivity index (χ4n) is 1.73. The van der Waals surface area contributed by atoms with Crippen molar-refractivity contribution in [1.29, 1.82) is 0 Å². The van der Waals surface area contributed by atoms with E-state index in [-0.39, 0.29) is 5.78 Å². The van der Waals surface area contributed by atoms with Gasteiger partial charge in [0.05, 0.1) is 0 Å². The van der Waals surface area contributed by atoms with E-state index in [4.69, 9.17) is 0 Å². The van der Waals surface area contributed by atoms with Gasteiger partial charge in [-0.25, -0.2) is 0 Å². The normalized spacial score (nSPS) is 10.6. The van der Waals surface area contributed by atoms with E-state index in [1.807, 2.05) is 18.2 Å². The summed E-state index contributed by atoms with van der Waals surface area (Å²) in [7, 11) is 0. The van der Waals surface area contributed by atoms with Crippen LogP contribution in [0.25, 0.3) is 0 Å². The molecule has 0 N–H and O–H groups in total. The molecule has 94 valence electrons. The third-order valence-electron chi connectivity index (χ3n) is 2.56. The first-order valence-corrected chi connectivity index (χ1v) is 7.23. The first kappa shape index (κ1) is 13.5. The molecule has 0 aliphatic carbocycles. The van der Waals surface area contributed by atoms with Gasteiger partial charge in [-0.3, -0.25) is 9.48 Å².